The zero-order valence-corrected chi connectivity index (χ0v) is 17.3. The quantitative estimate of drug-likeness (QED) is 0.682. The van der Waals surface area contributed by atoms with Crippen LogP contribution < -0.4 is 20.5 Å². The SMILES string of the molecule is COc1cc(/C=C2\SC(=Nc3cc(Cl)ccc3C)NC2=O)ccc1OCC(N)=O. The van der Waals surface area contributed by atoms with Gasteiger partial charge in [0.1, 0.15) is 0 Å². The molecule has 0 radical (unpaired) electrons. The lowest BCUT2D eigenvalue weighted by molar-refractivity contribution is -0.120. The molecular formula is C20H18ClN3O4S. The predicted octanol–water partition coefficient (Wildman–Crippen LogP) is 3.41. The van der Waals surface area contributed by atoms with Crippen LogP contribution in [0.1, 0.15) is 11.1 Å². The number of amidine groups is 1. The fourth-order valence-corrected chi connectivity index (χ4v) is 3.49. The van der Waals surface area contributed by atoms with Crippen LogP contribution in [-0.2, 0) is 9.59 Å². The lowest BCUT2D eigenvalue weighted by atomic mass is 10.2. The van der Waals surface area contributed by atoms with Gasteiger partial charge in [-0.2, -0.15) is 0 Å². The topological polar surface area (TPSA) is 103 Å². The average molecular weight is 432 g/mol. The number of primary amides is 1. The molecule has 1 heterocycles. The van der Waals surface area contributed by atoms with E-state index in [-0.39, 0.29) is 12.5 Å². The normalized spacial score (nSPS) is 16.2. The number of ether oxygens (including phenoxy) is 2. The van der Waals surface area contributed by atoms with Crippen molar-refractivity contribution < 1.29 is 19.1 Å². The predicted molar refractivity (Wildman–Crippen MR) is 115 cm³/mol. The Balaban J connectivity index is 1.82. The minimum absolute atomic E-state index is 0.249. The number of aryl methyl sites for hydroxylation is 1. The summed E-state index contributed by atoms with van der Waals surface area (Å²) in [4.78, 5) is 28.2. The first-order valence-corrected chi connectivity index (χ1v) is 9.70. The Hall–Kier alpha value is -2.97. The lowest BCUT2D eigenvalue weighted by Gasteiger charge is -2.10. The van der Waals surface area contributed by atoms with E-state index in [0.29, 0.717) is 32.3 Å². The van der Waals surface area contributed by atoms with Crippen LogP contribution in [0, 0.1) is 6.92 Å². The zero-order chi connectivity index (χ0) is 21.0. The van der Waals surface area contributed by atoms with Crippen LogP contribution in [0.2, 0.25) is 5.02 Å². The Kier molecular flexibility index (Phi) is 6.46. The number of carbonyl (C=O) groups excluding carboxylic acids is 2. The standard InChI is InChI=1S/C20H18ClN3O4S/c1-11-3-5-13(21)9-14(11)23-20-24-19(26)17(29-20)8-12-4-6-15(16(7-12)27-2)28-10-18(22)25/h3-9H,10H2,1-2H3,(H2,22,25)(H,23,24,26)/b17-8-. The number of rotatable bonds is 6. The van der Waals surface area contributed by atoms with E-state index in [4.69, 9.17) is 26.8 Å². The van der Waals surface area contributed by atoms with Gasteiger partial charge in [0.25, 0.3) is 11.8 Å². The highest BCUT2D eigenvalue weighted by Crippen LogP contribution is 2.33. The number of nitrogens with one attached hydrogen (secondary N) is 1. The Labute approximate surface area is 176 Å². The summed E-state index contributed by atoms with van der Waals surface area (Å²) < 4.78 is 10.6. The van der Waals surface area contributed by atoms with Crippen molar-refractivity contribution in [3.63, 3.8) is 0 Å². The van der Waals surface area contributed by atoms with E-state index in [0.717, 1.165) is 11.1 Å². The minimum Gasteiger partial charge on any atom is -0.493 e. The van der Waals surface area contributed by atoms with E-state index in [1.165, 1.54) is 18.9 Å². The number of amides is 2. The number of halogens is 1. The molecule has 3 N–H and O–H groups in total. The fraction of sp³-hybridized carbons (Fsp3) is 0.150. The molecule has 0 spiro atoms. The maximum atomic E-state index is 12.3. The monoisotopic (exact) mass is 431 g/mol. The molecule has 3 rings (SSSR count). The summed E-state index contributed by atoms with van der Waals surface area (Å²) in [6, 6.07) is 10.5. The van der Waals surface area contributed by atoms with Gasteiger partial charge in [-0.25, -0.2) is 4.99 Å². The summed E-state index contributed by atoms with van der Waals surface area (Å²) in [5.74, 6) is -0.0245. The van der Waals surface area contributed by atoms with Gasteiger partial charge in [0.05, 0.1) is 17.7 Å². The smallest absolute Gasteiger partial charge is 0.264 e. The van der Waals surface area contributed by atoms with Gasteiger partial charge in [-0.1, -0.05) is 23.7 Å². The fourth-order valence-electron chi connectivity index (χ4n) is 2.49. The van der Waals surface area contributed by atoms with Crippen molar-refractivity contribution in [3.05, 3.63) is 57.5 Å². The molecule has 1 saturated heterocycles. The Morgan fingerprint density at radius 1 is 1.28 bits per heavy atom. The highest BCUT2D eigenvalue weighted by atomic mass is 35.5. The van der Waals surface area contributed by atoms with Crippen LogP contribution in [0.4, 0.5) is 5.69 Å². The van der Waals surface area contributed by atoms with Gasteiger partial charge in [-0.15, -0.1) is 0 Å². The summed E-state index contributed by atoms with van der Waals surface area (Å²) in [5.41, 5.74) is 7.46. The van der Waals surface area contributed by atoms with Gasteiger partial charge >= 0.3 is 0 Å². The number of hydrogen-bond acceptors (Lipinski definition) is 6. The number of nitrogens with two attached hydrogens (primary N) is 1. The maximum absolute atomic E-state index is 12.3. The number of benzene rings is 2. The van der Waals surface area contributed by atoms with Gasteiger partial charge in [-0.3, -0.25) is 9.59 Å². The molecule has 0 atom stereocenters. The molecule has 1 aliphatic rings. The van der Waals surface area contributed by atoms with Gasteiger partial charge in [0, 0.05) is 5.02 Å². The maximum Gasteiger partial charge on any atom is 0.264 e. The zero-order valence-electron chi connectivity index (χ0n) is 15.7. The van der Waals surface area contributed by atoms with Crippen molar-refractivity contribution in [2.75, 3.05) is 13.7 Å². The number of hydrogen-bond donors (Lipinski definition) is 2. The van der Waals surface area contributed by atoms with Crippen LogP contribution in [0.3, 0.4) is 0 Å². The Bertz CT molecular complexity index is 1040. The molecule has 0 bridgehead atoms. The van der Waals surface area contributed by atoms with Crippen LogP contribution in [-0.4, -0.2) is 30.7 Å². The highest BCUT2D eigenvalue weighted by Gasteiger charge is 2.24. The summed E-state index contributed by atoms with van der Waals surface area (Å²) in [6.45, 7) is 1.67. The molecule has 0 aliphatic carbocycles. The molecule has 150 valence electrons. The minimum atomic E-state index is -0.584. The van der Waals surface area contributed by atoms with E-state index < -0.39 is 5.91 Å². The Morgan fingerprint density at radius 3 is 2.79 bits per heavy atom. The van der Waals surface area contributed by atoms with Crippen LogP contribution >= 0.6 is 23.4 Å². The molecule has 1 fully saturated rings. The van der Waals surface area contributed by atoms with Crippen molar-refractivity contribution in [2.24, 2.45) is 10.7 Å². The number of nitrogens with zero attached hydrogens (tertiary/aromatic N) is 1. The number of methoxy groups -OCH3 is 1. The third-order valence-corrected chi connectivity index (χ3v) is 5.04. The number of carbonyl (C=O) groups is 2. The van der Waals surface area contributed by atoms with Gasteiger partial charge in [-0.05, 0) is 60.2 Å². The molecule has 2 aromatic rings. The van der Waals surface area contributed by atoms with Crippen molar-refractivity contribution in [2.45, 2.75) is 6.92 Å². The molecule has 0 aromatic heterocycles. The molecule has 29 heavy (non-hydrogen) atoms. The summed E-state index contributed by atoms with van der Waals surface area (Å²) >= 11 is 7.25. The van der Waals surface area contributed by atoms with Gasteiger partial charge in [0.2, 0.25) is 0 Å². The molecule has 7 nitrogen and oxygen atoms in total. The van der Waals surface area contributed by atoms with Crippen LogP contribution in [0.15, 0.2) is 46.3 Å². The van der Waals surface area contributed by atoms with Gasteiger partial charge < -0.3 is 20.5 Å². The second kappa shape index (κ2) is 9.02. The summed E-state index contributed by atoms with van der Waals surface area (Å²) in [5, 5.41) is 3.79. The molecule has 0 unspecified atom stereocenters. The summed E-state index contributed by atoms with van der Waals surface area (Å²) in [7, 11) is 1.48. The number of thioether (sulfide) groups is 1. The second-order valence-electron chi connectivity index (χ2n) is 6.08. The molecule has 9 heteroatoms. The summed E-state index contributed by atoms with van der Waals surface area (Å²) in [6.07, 6.45) is 1.72. The first-order valence-electron chi connectivity index (χ1n) is 8.50. The average Bonchev–Trinajstić information content (AvgIpc) is 3.02. The molecule has 2 amide bonds. The van der Waals surface area contributed by atoms with Crippen molar-refractivity contribution in [3.8, 4) is 11.5 Å². The molecule has 1 aliphatic heterocycles. The third kappa shape index (κ3) is 5.30. The van der Waals surface area contributed by atoms with E-state index in [2.05, 4.69) is 10.3 Å². The largest absolute Gasteiger partial charge is 0.493 e. The van der Waals surface area contributed by atoms with E-state index in [9.17, 15) is 9.59 Å². The highest BCUT2D eigenvalue weighted by molar-refractivity contribution is 8.18. The van der Waals surface area contributed by atoms with Crippen molar-refractivity contribution in [1.82, 2.24) is 5.32 Å². The van der Waals surface area contributed by atoms with Gasteiger partial charge in [0.15, 0.2) is 23.3 Å². The van der Waals surface area contributed by atoms with Crippen LogP contribution in [0.25, 0.3) is 6.08 Å². The molecular weight excluding hydrogens is 414 g/mol. The van der Waals surface area contributed by atoms with E-state index in [1.807, 2.05) is 13.0 Å². The van der Waals surface area contributed by atoms with Crippen molar-refractivity contribution in [1.29, 1.82) is 0 Å². The first kappa shape index (κ1) is 20.8. The van der Waals surface area contributed by atoms with E-state index in [1.54, 1.807) is 36.4 Å². The first-order chi connectivity index (χ1) is 13.9. The second-order valence-corrected chi connectivity index (χ2v) is 7.54. The molecule has 2 aromatic carbocycles. The Morgan fingerprint density at radius 2 is 2.07 bits per heavy atom. The van der Waals surface area contributed by atoms with Crippen molar-refractivity contribution >= 4 is 52.1 Å². The lowest BCUT2D eigenvalue weighted by Crippen LogP contribution is -2.20. The third-order valence-electron chi connectivity index (χ3n) is 3.90. The van der Waals surface area contributed by atoms with E-state index >= 15 is 0 Å². The molecule has 0 saturated carbocycles. The van der Waals surface area contributed by atoms with Crippen LogP contribution in [0.5, 0.6) is 11.5 Å². The number of aliphatic imine (C=N–C) groups is 1.